The molecule has 1 atom stereocenters. The molecule has 0 saturated carbocycles. The summed E-state index contributed by atoms with van der Waals surface area (Å²) in [6.07, 6.45) is 4.96. The number of carbonyl (C=O) groups excluding carboxylic acids is 1. The number of amides is 1. The first-order valence-electron chi connectivity index (χ1n) is 8.58. The number of aromatic nitrogens is 3. The summed E-state index contributed by atoms with van der Waals surface area (Å²) in [5.74, 6) is 0.241. The summed E-state index contributed by atoms with van der Waals surface area (Å²) in [7, 11) is 1.87. The van der Waals surface area contributed by atoms with Crippen molar-refractivity contribution in [2.24, 2.45) is 7.05 Å². The summed E-state index contributed by atoms with van der Waals surface area (Å²) in [6.45, 7) is 0. The van der Waals surface area contributed by atoms with Gasteiger partial charge >= 0.3 is 0 Å². The Hall–Kier alpha value is -3.67. The Kier molecular flexibility index (Phi) is 4.30. The van der Waals surface area contributed by atoms with Gasteiger partial charge in [0.15, 0.2) is 0 Å². The molecule has 0 radical (unpaired) electrons. The van der Waals surface area contributed by atoms with Crippen LogP contribution in [0.4, 0.5) is 0 Å². The minimum atomic E-state index is -0.468. The standard InChI is InChI=1S/C21H18N4O2/c1-25-12-11-22-20(25)18(14-7-3-2-4-8-14)24-21(27)16-13-23-17-10-6-5-9-15(17)19(16)26/h2-13,18H,1H3,(H,23,26)(H,24,27). The molecule has 6 heteroatoms. The summed E-state index contributed by atoms with van der Waals surface area (Å²) in [5.41, 5.74) is 1.36. The number of imidazole rings is 1. The molecule has 0 aliphatic heterocycles. The lowest BCUT2D eigenvalue weighted by Gasteiger charge is -2.19. The second-order valence-electron chi connectivity index (χ2n) is 6.29. The van der Waals surface area contributed by atoms with E-state index in [2.05, 4.69) is 15.3 Å². The van der Waals surface area contributed by atoms with Gasteiger partial charge in [0.05, 0.1) is 0 Å². The second kappa shape index (κ2) is 6.92. The van der Waals surface area contributed by atoms with Crippen LogP contribution >= 0.6 is 0 Å². The van der Waals surface area contributed by atoms with Gasteiger partial charge in [-0.3, -0.25) is 9.59 Å². The quantitative estimate of drug-likeness (QED) is 0.589. The maximum absolute atomic E-state index is 12.9. The topological polar surface area (TPSA) is 79.8 Å². The molecule has 0 saturated heterocycles. The number of hydrogen-bond donors (Lipinski definition) is 2. The van der Waals surface area contributed by atoms with Gasteiger partial charge in [-0.1, -0.05) is 42.5 Å². The van der Waals surface area contributed by atoms with E-state index in [4.69, 9.17) is 0 Å². The first kappa shape index (κ1) is 16.8. The molecular weight excluding hydrogens is 340 g/mol. The number of fused-ring (bicyclic) bond motifs is 1. The van der Waals surface area contributed by atoms with Crippen LogP contribution in [0.3, 0.4) is 0 Å². The van der Waals surface area contributed by atoms with E-state index in [-0.39, 0.29) is 11.0 Å². The number of nitrogens with zero attached hydrogens (tertiary/aromatic N) is 2. The van der Waals surface area contributed by atoms with Crippen molar-refractivity contribution in [1.29, 1.82) is 0 Å². The van der Waals surface area contributed by atoms with Crippen LogP contribution in [0.25, 0.3) is 10.9 Å². The van der Waals surface area contributed by atoms with Crippen molar-refractivity contribution in [2.75, 3.05) is 0 Å². The third-order valence-corrected chi connectivity index (χ3v) is 4.56. The van der Waals surface area contributed by atoms with Crippen LogP contribution in [0.2, 0.25) is 0 Å². The largest absolute Gasteiger partial charge is 0.360 e. The highest BCUT2D eigenvalue weighted by atomic mass is 16.2. The predicted octanol–water partition coefficient (Wildman–Crippen LogP) is 2.78. The van der Waals surface area contributed by atoms with Crippen LogP contribution in [-0.2, 0) is 7.05 Å². The number of aryl methyl sites for hydroxylation is 1. The fourth-order valence-corrected chi connectivity index (χ4v) is 3.14. The first-order valence-corrected chi connectivity index (χ1v) is 8.58. The van der Waals surface area contributed by atoms with Crippen molar-refractivity contribution >= 4 is 16.8 Å². The Bertz CT molecular complexity index is 1160. The number of carbonyl (C=O) groups is 1. The molecule has 6 nitrogen and oxygen atoms in total. The smallest absolute Gasteiger partial charge is 0.257 e. The molecule has 2 N–H and O–H groups in total. The van der Waals surface area contributed by atoms with Crippen LogP contribution in [0, 0.1) is 0 Å². The molecule has 2 aromatic carbocycles. The van der Waals surface area contributed by atoms with Crippen molar-refractivity contribution < 1.29 is 4.79 Å². The van der Waals surface area contributed by atoms with Crippen LogP contribution < -0.4 is 10.7 Å². The molecular formula is C21H18N4O2. The van der Waals surface area contributed by atoms with Gasteiger partial charge in [-0.2, -0.15) is 0 Å². The highest BCUT2D eigenvalue weighted by Crippen LogP contribution is 2.20. The SMILES string of the molecule is Cn1ccnc1C(NC(=O)c1c[nH]c2ccccc2c1=O)c1ccccc1. The molecule has 1 amide bonds. The Morgan fingerprint density at radius 2 is 1.85 bits per heavy atom. The van der Waals surface area contributed by atoms with Crippen LogP contribution in [0.15, 0.2) is 78.0 Å². The average Bonchev–Trinajstić information content (AvgIpc) is 3.13. The second-order valence-corrected chi connectivity index (χ2v) is 6.29. The Morgan fingerprint density at radius 1 is 1.11 bits per heavy atom. The van der Waals surface area contributed by atoms with Crippen molar-refractivity contribution in [3.8, 4) is 0 Å². The molecule has 4 aromatic rings. The number of benzene rings is 2. The molecule has 0 aliphatic rings. The molecule has 2 heterocycles. The number of nitrogens with one attached hydrogen (secondary N) is 2. The summed E-state index contributed by atoms with van der Waals surface area (Å²) in [4.78, 5) is 33.1. The minimum absolute atomic E-state index is 0.0730. The third kappa shape index (κ3) is 3.13. The van der Waals surface area contributed by atoms with E-state index in [1.807, 2.05) is 54.2 Å². The maximum atomic E-state index is 12.9. The Morgan fingerprint density at radius 3 is 2.59 bits per heavy atom. The molecule has 27 heavy (non-hydrogen) atoms. The summed E-state index contributed by atoms with van der Waals surface area (Å²) < 4.78 is 1.85. The highest BCUT2D eigenvalue weighted by Gasteiger charge is 2.23. The number of para-hydroxylation sites is 1. The number of aromatic amines is 1. The molecule has 0 bridgehead atoms. The maximum Gasteiger partial charge on any atom is 0.257 e. The number of hydrogen-bond acceptors (Lipinski definition) is 3. The van der Waals surface area contributed by atoms with Gasteiger partial charge in [0.1, 0.15) is 17.4 Å². The predicted molar refractivity (Wildman–Crippen MR) is 104 cm³/mol. The van der Waals surface area contributed by atoms with Crippen molar-refractivity contribution in [3.63, 3.8) is 0 Å². The Balaban J connectivity index is 1.74. The van der Waals surface area contributed by atoms with Gasteiger partial charge in [0.25, 0.3) is 5.91 Å². The van der Waals surface area contributed by atoms with Crippen LogP contribution in [0.1, 0.15) is 27.8 Å². The zero-order chi connectivity index (χ0) is 18.8. The molecule has 0 spiro atoms. The zero-order valence-corrected chi connectivity index (χ0v) is 14.7. The lowest BCUT2D eigenvalue weighted by Crippen LogP contribution is -2.34. The molecule has 0 aliphatic carbocycles. The van der Waals surface area contributed by atoms with Crippen LogP contribution in [-0.4, -0.2) is 20.4 Å². The fourth-order valence-electron chi connectivity index (χ4n) is 3.14. The number of rotatable bonds is 4. The van der Waals surface area contributed by atoms with Gasteiger partial charge < -0.3 is 14.9 Å². The summed E-state index contributed by atoms with van der Waals surface area (Å²) in [5, 5.41) is 3.44. The number of pyridine rings is 1. The van der Waals surface area contributed by atoms with Crippen molar-refractivity contribution in [3.05, 3.63) is 100 Å². The third-order valence-electron chi connectivity index (χ3n) is 4.56. The van der Waals surface area contributed by atoms with Gasteiger partial charge in [0, 0.05) is 36.5 Å². The molecule has 0 fully saturated rings. The minimum Gasteiger partial charge on any atom is -0.360 e. The van der Waals surface area contributed by atoms with E-state index in [1.165, 1.54) is 6.20 Å². The van der Waals surface area contributed by atoms with Gasteiger partial charge in [-0.25, -0.2) is 4.98 Å². The molecule has 4 rings (SSSR count). The number of H-pyrrole nitrogens is 1. The average molecular weight is 358 g/mol. The summed E-state index contributed by atoms with van der Waals surface area (Å²) >= 11 is 0. The fraction of sp³-hybridized carbons (Fsp3) is 0.0952. The van der Waals surface area contributed by atoms with Crippen LogP contribution in [0.5, 0.6) is 0 Å². The normalized spacial score (nSPS) is 12.0. The van der Waals surface area contributed by atoms with E-state index in [0.717, 1.165) is 5.56 Å². The highest BCUT2D eigenvalue weighted by molar-refractivity contribution is 5.97. The van der Waals surface area contributed by atoms with E-state index in [9.17, 15) is 9.59 Å². The van der Waals surface area contributed by atoms with Crippen molar-refractivity contribution in [2.45, 2.75) is 6.04 Å². The van der Waals surface area contributed by atoms with E-state index >= 15 is 0 Å². The van der Waals surface area contributed by atoms with Gasteiger partial charge in [0.2, 0.25) is 5.43 Å². The Labute approximate surface area is 155 Å². The molecule has 1 unspecified atom stereocenters. The van der Waals surface area contributed by atoms with Gasteiger partial charge in [-0.05, 0) is 17.7 Å². The summed E-state index contributed by atoms with van der Waals surface area (Å²) in [6, 6.07) is 16.2. The van der Waals surface area contributed by atoms with Gasteiger partial charge in [-0.15, -0.1) is 0 Å². The zero-order valence-electron chi connectivity index (χ0n) is 14.7. The molecule has 2 aromatic heterocycles. The van der Waals surface area contributed by atoms with E-state index < -0.39 is 11.9 Å². The van der Waals surface area contributed by atoms with E-state index in [0.29, 0.717) is 16.7 Å². The first-order chi connectivity index (χ1) is 13.1. The van der Waals surface area contributed by atoms with E-state index in [1.54, 1.807) is 24.4 Å². The lowest BCUT2D eigenvalue weighted by atomic mass is 10.1. The molecule has 134 valence electrons. The monoisotopic (exact) mass is 358 g/mol. The van der Waals surface area contributed by atoms with Crippen molar-refractivity contribution in [1.82, 2.24) is 19.9 Å². The lowest BCUT2D eigenvalue weighted by molar-refractivity contribution is 0.0940.